The van der Waals surface area contributed by atoms with Crippen molar-refractivity contribution in [2.45, 2.75) is 39.8 Å². The molecule has 1 N–H and O–H groups in total. The first-order chi connectivity index (χ1) is 9.74. The van der Waals surface area contributed by atoms with E-state index in [-0.39, 0.29) is 5.54 Å². The minimum atomic E-state index is 0.0206. The molecule has 5 nitrogen and oxygen atoms in total. The lowest BCUT2D eigenvalue weighted by molar-refractivity contribution is 0.409. The van der Waals surface area contributed by atoms with Gasteiger partial charge in [-0.25, -0.2) is 9.67 Å². The average Bonchev–Trinajstić information content (AvgIpc) is 2.67. The minimum Gasteiger partial charge on any atom is -0.421 e. The molecule has 0 aliphatic carbocycles. The van der Waals surface area contributed by atoms with Crippen molar-refractivity contribution in [1.82, 2.24) is 20.1 Å². The third-order valence-electron chi connectivity index (χ3n) is 2.89. The van der Waals surface area contributed by atoms with Crippen LogP contribution in [0.3, 0.4) is 0 Å². The second-order valence-corrected chi connectivity index (χ2v) is 6.47. The number of nitrogens with zero attached hydrogens (tertiary/aromatic N) is 3. The lowest BCUT2D eigenvalue weighted by Crippen LogP contribution is -2.35. The van der Waals surface area contributed by atoms with Gasteiger partial charge in [0.25, 0.3) is 0 Å². The molecule has 0 spiro atoms. The normalized spacial score (nSPS) is 11.7. The van der Waals surface area contributed by atoms with Crippen molar-refractivity contribution in [3.8, 4) is 11.8 Å². The van der Waals surface area contributed by atoms with Gasteiger partial charge < -0.3 is 10.1 Å². The van der Waals surface area contributed by atoms with E-state index in [0.29, 0.717) is 23.3 Å². The van der Waals surface area contributed by atoms with E-state index in [0.717, 1.165) is 11.3 Å². The summed E-state index contributed by atoms with van der Waals surface area (Å²) in [6.45, 7) is 8.90. The Balaban J connectivity index is 2.16. The van der Waals surface area contributed by atoms with Crippen LogP contribution in [0, 0.1) is 6.92 Å². The molecule has 0 atom stereocenters. The number of ether oxygens (including phenoxy) is 1. The Morgan fingerprint density at radius 3 is 2.62 bits per heavy atom. The van der Waals surface area contributed by atoms with Gasteiger partial charge in [0.2, 0.25) is 11.8 Å². The SMILES string of the molecule is Cc1cc(Oc2cc(CNC(C)(C)C)c(Cl)cn2)n(C)n1. The van der Waals surface area contributed by atoms with E-state index >= 15 is 0 Å². The van der Waals surface area contributed by atoms with Crippen molar-refractivity contribution in [3.05, 3.63) is 34.6 Å². The molecule has 0 saturated carbocycles. The second-order valence-electron chi connectivity index (χ2n) is 6.07. The topological polar surface area (TPSA) is 52.0 Å². The Kier molecular flexibility index (Phi) is 4.54. The lowest BCUT2D eigenvalue weighted by atomic mass is 10.1. The summed E-state index contributed by atoms with van der Waals surface area (Å²) < 4.78 is 7.44. The zero-order valence-corrected chi connectivity index (χ0v) is 13.8. The van der Waals surface area contributed by atoms with Crippen molar-refractivity contribution in [1.29, 1.82) is 0 Å². The summed E-state index contributed by atoms with van der Waals surface area (Å²) in [6.07, 6.45) is 1.61. The van der Waals surface area contributed by atoms with E-state index in [1.807, 2.05) is 26.1 Å². The van der Waals surface area contributed by atoms with Crippen LogP contribution >= 0.6 is 11.6 Å². The summed E-state index contributed by atoms with van der Waals surface area (Å²) >= 11 is 6.19. The molecule has 6 heteroatoms. The Hall–Kier alpha value is -1.59. The fraction of sp³-hybridized carbons (Fsp3) is 0.467. The summed E-state index contributed by atoms with van der Waals surface area (Å²) in [5.41, 5.74) is 1.87. The molecule has 0 unspecified atom stereocenters. The lowest BCUT2D eigenvalue weighted by Gasteiger charge is -2.21. The first-order valence-electron chi connectivity index (χ1n) is 6.82. The summed E-state index contributed by atoms with van der Waals surface area (Å²) in [5.74, 6) is 1.16. The zero-order chi connectivity index (χ0) is 15.6. The first kappa shape index (κ1) is 15.8. The Morgan fingerprint density at radius 1 is 1.33 bits per heavy atom. The van der Waals surface area contributed by atoms with Crippen molar-refractivity contribution in [3.63, 3.8) is 0 Å². The van der Waals surface area contributed by atoms with E-state index in [9.17, 15) is 0 Å². The summed E-state index contributed by atoms with van der Waals surface area (Å²) in [4.78, 5) is 4.21. The Morgan fingerprint density at radius 2 is 2.05 bits per heavy atom. The van der Waals surface area contributed by atoms with Gasteiger partial charge in [-0.05, 0) is 33.3 Å². The van der Waals surface area contributed by atoms with Crippen LogP contribution in [0.15, 0.2) is 18.3 Å². The van der Waals surface area contributed by atoms with E-state index in [2.05, 4.69) is 36.2 Å². The minimum absolute atomic E-state index is 0.0206. The molecule has 0 fully saturated rings. The zero-order valence-electron chi connectivity index (χ0n) is 13.1. The van der Waals surface area contributed by atoms with E-state index in [4.69, 9.17) is 16.3 Å². The fourth-order valence-corrected chi connectivity index (χ4v) is 1.97. The summed E-state index contributed by atoms with van der Waals surface area (Å²) in [7, 11) is 1.83. The molecule has 2 aromatic heterocycles. The van der Waals surface area contributed by atoms with Gasteiger partial charge in [-0.2, -0.15) is 5.10 Å². The predicted molar refractivity (Wildman–Crippen MR) is 83.9 cm³/mol. The van der Waals surface area contributed by atoms with E-state index < -0.39 is 0 Å². The highest BCUT2D eigenvalue weighted by Gasteiger charge is 2.12. The Bertz CT molecular complexity index is 631. The largest absolute Gasteiger partial charge is 0.421 e. The van der Waals surface area contributed by atoms with Crippen LogP contribution in [-0.2, 0) is 13.6 Å². The van der Waals surface area contributed by atoms with Crippen molar-refractivity contribution in [2.75, 3.05) is 0 Å². The molecule has 0 saturated heterocycles. The van der Waals surface area contributed by atoms with Crippen molar-refractivity contribution < 1.29 is 4.74 Å². The van der Waals surface area contributed by atoms with Gasteiger partial charge in [-0.3, -0.25) is 0 Å². The quantitative estimate of drug-likeness (QED) is 0.940. The van der Waals surface area contributed by atoms with Gasteiger partial charge in [0.05, 0.1) is 10.7 Å². The second kappa shape index (κ2) is 6.03. The number of hydrogen-bond donors (Lipinski definition) is 1. The highest BCUT2D eigenvalue weighted by Crippen LogP contribution is 2.24. The maximum atomic E-state index is 6.19. The number of nitrogens with one attached hydrogen (secondary N) is 1. The highest BCUT2D eigenvalue weighted by atomic mass is 35.5. The van der Waals surface area contributed by atoms with Crippen LogP contribution < -0.4 is 10.1 Å². The molecule has 21 heavy (non-hydrogen) atoms. The molecule has 0 aliphatic heterocycles. The van der Waals surface area contributed by atoms with E-state index in [1.165, 1.54) is 0 Å². The average molecular weight is 309 g/mol. The van der Waals surface area contributed by atoms with Gasteiger partial charge in [0.15, 0.2) is 0 Å². The van der Waals surface area contributed by atoms with Crippen molar-refractivity contribution >= 4 is 11.6 Å². The first-order valence-corrected chi connectivity index (χ1v) is 7.20. The number of hydrogen-bond acceptors (Lipinski definition) is 4. The molecule has 0 aliphatic rings. The predicted octanol–water partition coefficient (Wildman–Crippen LogP) is 3.46. The standard InChI is InChI=1S/C15H21ClN4O/c1-10-6-14(20(5)19-10)21-13-7-11(12(16)9-17-13)8-18-15(2,3)4/h6-7,9,18H,8H2,1-5H3. The molecule has 2 rings (SSSR count). The number of pyridine rings is 1. The highest BCUT2D eigenvalue weighted by molar-refractivity contribution is 6.31. The van der Waals surface area contributed by atoms with Gasteiger partial charge in [0.1, 0.15) is 0 Å². The molecular weight excluding hydrogens is 288 g/mol. The number of halogens is 1. The number of rotatable bonds is 4. The monoisotopic (exact) mass is 308 g/mol. The molecule has 0 radical (unpaired) electrons. The van der Waals surface area contributed by atoms with Crippen molar-refractivity contribution in [2.24, 2.45) is 7.05 Å². The van der Waals surface area contributed by atoms with Gasteiger partial charge in [0, 0.05) is 37.5 Å². The van der Waals surface area contributed by atoms with Crippen LogP contribution in [0.5, 0.6) is 11.8 Å². The van der Waals surface area contributed by atoms with Crippen LogP contribution in [0.4, 0.5) is 0 Å². The third-order valence-corrected chi connectivity index (χ3v) is 3.23. The molecule has 2 heterocycles. The smallest absolute Gasteiger partial charge is 0.221 e. The van der Waals surface area contributed by atoms with Gasteiger partial charge >= 0.3 is 0 Å². The molecule has 114 valence electrons. The third kappa shape index (κ3) is 4.44. The van der Waals surface area contributed by atoms with Gasteiger partial charge in [-0.1, -0.05) is 11.6 Å². The number of aromatic nitrogens is 3. The molecule has 0 bridgehead atoms. The van der Waals surface area contributed by atoms with E-state index in [1.54, 1.807) is 10.9 Å². The molecule has 2 aromatic rings. The fourth-order valence-electron chi connectivity index (χ4n) is 1.80. The van der Waals surface area contributed by atoms with Gasteiger partial charge in [-0.15, -0.1) is 0 Å². The summed E-state index contributed by atoms with van der Waals surface area (Å²) in [5, 5.41) is 8.27. The molecular formula is C15H21ClN4O. The van der Waals surface area contributed by atoms with Crippen LogP contribution in [0.25, 0.3) is 0 Å². The number of aryl methyl sites for hydroxylation is 2. The summed E-state index contributed by atoms with van der Waals surface area (Å²) in [6, 6.07) is 3.72. The maximum absolute atomic E-state index is 6.19. The van der Waals surface area contributed by atoms with Crippen LogP contribution in [-0.4, -0.2) is 20.3 Å². The molecule has 0 aromatic carbocycles. The molecule has 0 amide bonds. The maximum Gasteiger partial charge on any atom is 0.221 e. The van der Waals surface area contributed by atoms with Crippen LogP contribution in [0.2, 0.25) is 5.02 Å². The Labute approximate surface area is 130 Å². The van der Waals surface area contributed by atoms with Crippen LogP contribution in [0.1, 0.15) is 32.0 Å².